The zero-order valence-corrected chi connectivity index (χ0v) is 13.9. The van der Waals surface area contributed by atoms with Crippen molar-refractivity contribution in [1.29, 1.82) is 0 Å². The lowest BCUT2D eigenvalue weighted by Gasteiger charge is -2.05. The second-order valence-corrected chi connectivity index (χ2v) is 5.37. The molecule has 0 saturated carbocycles. The Kier molecular flexibility index (Phi) is 5.66. The summed E-state index contributed by atoms with van der Waals surface area (Å²) in [5.41, 5.74) is 7.08. The monoisotopic (exact) mass is 315 g/mol. The van der Waals surface area contributed by atoms with Gasteiger partial charge in [0.2, 0.25) is 0 Å². The zero-order chi connectivity index (χ0) is 15.9. The van der Waals surface area contributed by atoms with Crippen LogP contribution in [0.1, 0.15) is 29.4 Å². The minimum Gasteiger partial charge on any atom is -0.362 e. The molecule has 0 amide bonds. The van der Waals surface area contributed by atoms with Crippen LogP contribution in [0.5, 0.6) is 0 Å². The predicted octanol–water partition coefficient (Wildman–Crippen LogP) is 2.37. The van der Waals surface area contributed by atoms with Gasteiger partial charge in [-0.25, -0.2) is 0 Å². The van der Waals surface area contributed by atoms with Gasteiger partial charge in [-0.3, -0.25) is 10.1 Å². The average Bonchev–Trinajstić information content (AvgIpc) is 2.76. The van der Waals surface area contributed by atoms with E-state index in [0.29, 0.717) is 5.11 Å². The van der Waals surface area contributed by atoms with E-state index in [4.69, 9.17) is 12.2 Å². The maximum atomic E-state index is 5.07. The molecule has 0 unspecified atom stereocenters. The number of thiocarbonyl (C=S) groups is 1. The molecule has 0 aliphatic carbocycles. The topological polar surface area (TPSA) is 54.2 Å². The third-order valence-electron chi connectivity index (χ3n) is 3.31. The molecule has 6 heteroatoms. The lowest BCUT2D eigenvalue weighted by atomic mass is 10.2. The predicted molar refractivity (Wildman–Crippen MR) is 94.2 cm³/mol. The maximum absolute atomic E-state index is 5.07. The first kappa shape index (κ1) is 16.2. The fourth-order valence-electron chi connectivity index (χ4n) is 2.16. The van der Waals surface area contributed by atoms with Crippen molar-refractivity contribution in [2.75, 3.05) is 6.54 Å². The molecular weight excluding hydrogens is 294 g/mol. The van der Waals surface area contributed by atoms with Crippen molar-refractivity contribution < 1.29 is 0 Å². The fraction of sp³-hybridized carbons (Fsp3) is 0.312. The molecule has 116 valence electrons. The molecule has 0 bridgehead atoms. The molecule has 1 aromatic carbocycles. The summed E-state index contributed by atoms with van der Waals surface area (Å²) in [7, 11) is 0. The van der Waals surface area contributed by atoms with Gasteiger partial charge in [0, 0.05) is 17.8 Å². The number of hydrogen-bond donors (Lipinski definition) is 2. The van der Waals surface area contributed by atoms with Gasteiger partial charge in [-0.05, 0) is 38.6 Å². The van der Waals surface area contributed by atoms with Crippen molar-refractivity contribution in [3.8, 4) is 0 Å². The molecule has 0 fully saturated rings. The van der Waals surface area contributed by atoms with Crippen molar-refractivity contribution in [2.45, 2.75) is 27.3 Å². The van der Waals surface area contributed by atoms with Crippen molar-refractivity contribution in [1.82, 2.24) is 20.5 Å². The van der Waals surface area contributed by atoms with Gasteiger partial charge in [0.1, 0.15) is 0 Å². The molecule has 1 aromatic heterocycles. The lowest BCUT2D eigenvalue weighted by Crippen LogP contribution is -2.31. The van der Waals surface area contributed by atoms with E-state index in [-0.39, 0.29) is 0 Å². The van der Waals surface area contributed by atoms with Gasteiger partial charge in [0.05, 0.1) is 18.5 Å². The van der Waals surface area contributed by atoms with Crippen LogP contribution in [0.3, 0.4) is 0 Å². The van der Waals surface area contributed by atoms with E-state index in [1.807, 2.05) is 43.7 Å². The van der Waals surface area contributed by atoms with Gasteiger partial charge in [-0.1, -0.05) is 30.3 Å². The Bertz CT molecular complexity index is 661. The van der Waals surface area contributed by atoms with Gasteiger partial charge in [0.15, 0.2) is 5.11 Å². The molecule has 0 aliphatic heterocycles. The minimum absolute atomic E-state index is 0.519. The number of rotatable bonds is 5. The highest BCUT2D eigenvalue weighted by molar-refractivity contribution is 7.80. The average molecular weight is 315 g/mol. The van der Waals surface area contributed by atoms with Crippen molar-refractivity contribution in [3.05, 3.63) is 52.8 Å². The Morgan fingerprint density at radius 3 is 2.73 bits per heavy atom. The van der Waals surface area contributed by atoms with Crippen molar-refractivity contribution >= 4 is 23.5 Å². The van der Waals surface area contributed by atoms with E-state index < -0.39 is 0 Å². The fourth-order valence-corrected chi connectivity index (χ4v) is 2.36. The molecule has 2 aromatic rings. The summed E-state index contributed by atoms with van der Waals surface area (Å²) in [4.78, 5) is 0. The number of benzene rings is 1. The second kappa shape index (κ2) is 7.70. The van der Waals surface area contributed by atoms with Crippen LogP contribution in [0.4, 0.5) is 0 Å². The van der Waals surface area contributed by atoms with Gasteiger partial charge < -0.3 is 5.32 Å². The molecule has 0 radical (unpaired) electrons. The standard InChI is InChI=1S/C16H21N5S/c1-4-17-16(22)19-18-10-15-12(2)20-21(13(15)3)11-14-8-6-5-7-9-14/h5-10H,4,11H2,1-3H3,(H2,17,19,22)/b18-10+. The Morgan fingerprint density at radius 2 is 2.05 bits per heavy atom. The molecule has 1 heterocycles. The van der Waals surface area contributed by atoms with E-state index >= 15 is 0 Å². The number of aryl methyl sites for hydroxylation is 1. The molecule has 22 heavy (non-hydrogen) atoms. The van der Waals surface area contributed by atoms with Gasteiger partial charge >= 0.3 is 0 Å². The number of nitrogens with one attached hydrogen (secondary N) is 2. The molecule has 5 nitrogen and oxygen atoms in total. The molecular formula is C16H21N5S. The Hall–Kier alpha value is -2.21. The number of aromatic nitrogens is 2. The first-order chi connectivity index (χ1) is 10.6. The van der Waals surface area contributed by atoms with E-state index in [0.717, 1.165) is 30.0 Å². The summed E-state index contributed by atoms with van der Waals surface area (Å²) in [6.45, 7) is 7.55. The number of hydrogen-bond acceptors (Lipinski definition) is 3. The molecule has 0 aliphatic rings. The van der Waals surface area contributed by atoms with Crippen LogP contribution >= 0.6 is 12.2 Å². The summed E-state index contributed by atoms with van der Waals surface area (Å²) in [6.07, 6.45) is 1.77. The number of nitrogens with zero attached hydrogens (tertiary/aromatic N) is 3. The smallest absolute Gasteiger partial charge is 0.186 e. The maximum Gasteiger partial charge on any atom is 0.186 e. The van der Waals surface area contributed by atoms with E-state index in [1.54, 1.807) is 6.21 Å². The van der Waals surface area contributed by atoms with Crippen LogP contribution < -0.4 is 10.7 Å². The third kappa shape index (κ3) is 4.14. The Labute approximate surface area is 136 Å². The SMILES string of the molecule is CCNC(=S)N/N=C/c1c(C)nn(Cc2ccccc2)c1C. The first-order valence-electron chi connectivity index (χ1n) is 7.26. The van der Waals surface area contributed by atoms with Crippen LogP contribution in [0.2, 0.25) is 0 Å². The van der Waals surface area contributed by atoms with Gasteiger partial charge in [-0.15, -0.1) is 0 Å². The highest BCUT2D eigenvalue weighted by atomic mass is 32.1. The quantitative estimate of drug-likeness (QED) is 0.505. The summed E-state index contributed by atoms with van der Waals surface area (Å²) in [5, 5.41) is 12.3. The van der Waals surface area contributed by atoms with Crippen molar-refractivity contribution in [2.24, 2.45) is 5.10 Å². The summed E-state index contributed by atoms with van der Waals surface area (Å²) in [6, 6.07) is 10.3. The van der Waals surface area contributed by atoms with Crippen LogP contribution in [0, 0.1) is 13.8 Å². The van der Waals surface area contributed by atoms with Crippen molar-refractivity contribution in [3.63, 3.8) is 0 Å². The normalized spacial score (nSPS) is 10.9. The summed E-state index contributed by atoms with van der Waals surface area (Å²) < 4.78 is 1.99. The molecule has 2 N–H and O–H groups in total. The first-order valence-corrected chi connectivity index (χ1v) is 7.67. The molecule has 0 atom stereocenters. The highest BCUT2D eigenvalue weighted by Crippen LogP contribution is 2.12. The lowest BCUT2D eigenvalue weighted by molar-refractivity contribution is 0.659. The third-order valence-corrected chi connectivity index (χ3v) is 3.55. The largest absolute Gasteiger partial charge is 0.362 e. The molecule has 0 spiro atoms. The van der Waals surface area contributed by atoms with Crippen LogP contribution in [0.25, 0.3) is 0 Å². The second-order valence-electron chi connectivity index (χ2n) is 4.96. The van der Waals surface area contributed by atoms with E-state index in [1.165, 1.54) is 5.56 Å². The van der Waals surface area contributed by atoms with E-state index in [9.17, 15) is 0 Å². The van der Waals surface area contributed by atoms with Crippen LogP contribution in [-0.4, -0.2) is 27.7 Å². The Balaban J connectivity index is 2.10. The highest BCUT2D eigenvalue weighted by Gasteiger charge is 2.09. The molecule has 0 saturated heterocycles. The van der Waals surface area contributed by atoms with E-state index in [2.05, 4.69) is 33.1 Å². The van der Waals surface area contributed by atoms with Crippen LogP contribution in [-0.2, 0) is 6.54 Å². The zero-order valence-electron chi connectivity index (χ0n) is 13.1. The minimum atomic E-state index is 0.519. The molecule has 2 rings (SSSR count). The Morgan fingerprint density at radius 1 is 1.32 bits per heavy atom. The van der Waals surface area contributed by atoms with Gasteiger partial charge in [0.25, 0.3) is 0 Å². The number of hydrazone groups is 1. The summed E-state index contributed by atoms with van der Waals surface area (Å²) in [5.74, 6) is 0. The summed E-state index contributed by atoms with van der Waals surface area (Å²) >= 11 is 5.07. The van der Waals surface area contributed by atoms with Gasteiger partial charge in [-0.2, -0.15) is 10.2 Å². The van der Waals surface area contributed by atoms with Crippen LogP contribution in [0.15, 0.2) is 35.4 Å².